The van der Waals surface area contributed by atoms with Crippen LogP contribution >= 0.6 is 23.3 Å². The third kappa shape index (κ3) is 2.86. The van der Waals surface area contributed by atoms with Gasteiger partial charge < -0.3 is 5.32 Å². The standard InChI is InChI=1S/C16H14N2S2/c1-19-16-12-15(17-13-8-4-2-5-9-13)20-18(16)14-10-6-3-7-11-14/h2-12H,1H3/p+1. The second kappa shape index (κ2) is 6.11. The van der Waals surface area contributed by atoms with Gasteiger partial charge in [0.15, 0.2) is 16.5 Å². The molecule has 0 amide bonds. The number of aromatic nitrogens is 1. The monoisotopic (exact) mass is 299 g/mol. The second-order valence-electron chi connectivity index (χ2n) is 4.26. The lowest BCUT2D eigenvalue weighted by molar-refractivity contribution is -0.562. The zero-order valence-corrected chi connectivity index (χ0v) is 12.7. The van der Waals surface area contributed by atoms with Crippen LogP contribution in [0.4, 0.5) is 10.7 Å². The molecule has 0 aliphatic heterocycles. The molecule has 0 spiro atoms. The Kier molecular flexibility index (Phi) is 4.04. The lowest BCUT2D eigenvalue weighted by atomic mass is 10.3. The summed E-state index contributed by atoms with van der Waals surface area (Å²) in [7, 11) is 0. The average Bonchev–Trinajstić information content (AvgIpc) is 2.92. The molecule has 1 aromatic heterocycles. The summed E-state index contributed by atoms with van der Waals surface area (Å²) in [5.74, 6) is 0. The molecule has 2 nitrogen and oxygen atoms in total. The van der Waals surface area contributed by atoms with Crippen LogP contribution in [0.5, 0.6) is 0 Å². The number of para-hydroxylation sites is 2. The fourth-order valence-corrected chi connectivity index (χ4v) is 3.76. The molecular weight excluding hydrogens is 284 g/mol. The Morgan fingerprint density at radius 2 is 1.60 bits per heavy atom. The molecule has 3 aromatic rings. The zero-order chi connectivity index (χ0) is 13.8. The molecule has 0 bridgehead atoms. The van der Waals surface area contributed by atoms with Crippen LogP contribution in [0.3, 0.4) is 0 Å². The Balaban J connectivity index is 1.93. The van der Waals surface area contributed by atoms with Crippen molar-refractivity contribution in [3.63, 3.8) is 0 Å². The number of anilines is 2. The summed E-state index contributed by atoms with van der Waals surface area (Å²) in [6.45, 7) is 0. The highest BCUT2D eigenvalue weighted by Gasteiger charge is 2.19. The number of nitrogens with one attached hydrogen (secondary N) is 1. The predicted molar refractivity (Wildman–Crippen MR) is 87.4 cm³/mol. The van der Waals surface area contributed by atoms with Crippen LogP contribution in [0.2, 0.25) is 0 Å². The number of benzene rings is 2. The number of rotatable bonds is 4. The van der Waals surface area contributed by atoms with E-state index < -0.39 is 0 Å². The van der Waals surface area contributed by atoms with Crippen LogP contribution in [0.1, 0.15) is 0 Å². The fraction of sp³-hybridized carbons (Fsp3) is 0.0625. The smallest absolute Gasteiger partial charge is 0.262 e. The molecule has 1 N–H and O–H groups in total. The molecule has 0 aliphatic rings. The minimum Gasteiger partial charge on any atom is -0.342 e. The normalized spacial score (nSPS) is 10.4. The highest BCUT2D eigenvalue weighted by molar-refractivity contribution is 7.98. The van der Waals surface area contributed by atoms with Gasteiger partial charge in [0.05, 0.1) is 6.07 Å². The molecule has 1 heterocycles. The third-order valence-corrected chi connectivity index (χ3v) is 4.73. The molecule has 0 unspecified atom stereocenters. The first kappa shape index (κ1) is 13.2. The van der Waals surface area contributed by atoms with E-state index in [9.17, 15) is 0 Å². The van der Waals surface area contributed by atoms with E-state index in [-0.39, 0.29) is 0 Å². The molecule has 0 radical (unpaired) electrons. The lowest BCUT2D eigenvalue weighted by Gasteiger charge is -1.98. The fourth-order valence-electron chi connectivity index (χ4n) is 1.95. The highest BCUT2D eigenvalue weighted by atomic mass is 32.2. The predicted octanol–water partition coefficient (Wildman–Crippen LogP) is 4.49. The van der Waals surface area contributed by atoms with Gasteiger partial charge in [-0.1, -0.05) is 52.1 Å². The van der Waals surface area contributed by atoms with Crippen LogP contribution in [0.15, 0.2) is 71.8 Å². The maximum atomic E-state index is 3.45. The van der Waals surface area contributed by atoms with Crippen molar-refractivity contribution in [2.24, 2.45) is 0 Å². The van der Waals surface area contributed by atoms with E-state index in [1.165, 1.54) is 10.7 Å². The Hall–Kier alpha value is -1.78. The van der Waals surface area contributed by atoms with Crippen molar-refractivity contribution in [1.29, 1.82) is 0 Å². The molecule has 0 saturated heterocycles. The Bertz CT molecular complexity index is 678. The van der Waals surface area contributed by atoms with Gasteiger partial charge in [-0.25, -0.2) is 0 Å². The summed E-state index contributed by atoms with van der Waals surface area (Å²) in [6, 6.07) is 22.9. The second-order valence-corrected chi connectivity index (χ2v) is 6.08. The minimum absolute atomic E-state index is 1.11. The van der Waals surface area contributed by atoms with Gasteiger partial charge in [-0.05, 0) is 18.4 Å². The molecule has 100 valence electrons. The van der Waals surface area contributed by atoms with Crippen LogP contribution in [0, 0.1) is 0 Å². The maximum Gasteiger partial charge on any atom is 0.262 e. The largest absolute Gasteiger partial charge is 0.342 e. The average molecular weight is 299 g/mol. The maximum absolute atomic E-state index is 3.45. The van der Waals surface area contributed by atoms with Gasteiger partial charge in [-0.3, -0.25) is 0 Å². The van der Waals surface area contributed by atoms with Crippen LogP contribution in [-0.4, -0.2) is 6.26 Å². The van der Waals surface area contributed by atoms with Gasteiger partial charge in [0.1, 0.15) is 0 Å². The van der Waals surface area contributed by atoms with Gasteiger partial charge in [0.2, 0.25) is 5.69 Å². The van der Waals surface area contributed by atoms with Crippen molar-refractivity contribution < 1.29 is 3.96 Å². The first-order valence-electron chi connectivity index (χ1n) is 6.35. The van der Waals surface area contributed by atoms with Crippen LogP contribution in [0.25, 0.3) is 5.69 Å². The Labute approximate surface area is 127 Å². The van der Waals surface area contributed by atoms with Crippen molar-refractivity contribution >= 4 is 34.0 Å². The zero-order valence-electron chi connectivity index (χ0n) is 11.1. The number of thioether (sulfide) groups is 1. The van der Waals surface area contributed by atoms with Crippen molar-refractivity contribution in [1.82, 2.24) is 0 Å². The van der Waals surface area contributed by atoms with E-state index in [4.69, 9.17) is 0 Å². The van der Waals surface area contributed by atoms with Gasteiger partial charge in [0.25, 0.3) is 5.03 Å². The SMILES string of the molecule is CSc1cc(Nc2ccccc2)s[n+]1-c1ccccc1. The van der Waals surface area contributed by atoms with Gasteiger partial charge in [-0.15, -0.1) is 0 Å². The minimum atomic E-state index is 1.11. The van der Waals surface area contributed by atoms with E-state index in [0.717, 1.165) is 10.7 Å². The molecule has 20 heavy (non-hydrogen) atoms. The topological polar surface area (TPSA) is 15.9 Å². The van der Waals surface area contributed by atoms with E-state index in [2.05, 4.69) is 58.0 Å². The van der Waals surface area contributed by atoms with Gasteiger partial charge in [-0.2, -0.15) is 0 Å². The summed E-state index contributed by atoms with van der Waals surface area (Å²) >= 11 is 3.47. The van der Waals surface area contributed by atoms with E-state index in [1.54, 1.807) is 23.3 Å². The van der Waals surface area contributed by atoms with E-state index >= 15 is 0 Å². The lowest BCUT2D eigenvalue weighted by Crippen LogP contribution is -2.26. The summed E-state index contributed by atoms with van der Waals surface area (Å²) in [5, 5.41) is 5.83. The number of hydrogen-bond donors (Lipinski definition) is 1. The molecule has 0 fully saturated rings. The summed E-state index contributed by atoms with van der Waals surface area (Å²) in [4.78, 5) is 0. The number of nitrogens with zero attached hydrogens (tertiary/aromatic N) is 1. The Morgan fingerprint density at radius 1 is 0.950 bits per heavy atom. The highest BCUT2D eigenvalue weighted by Crippen LogP contribution is 2.26. The molecule has 3 rings (SSSR count). The van der Waals surface area contributed by atoms with Gasteiger partial charge >= 0.3 is 0 Å². The summed E-state index contributed by atoms with van der Waals surface area (Å²) < 4.78 is 2.25. The van der Waals surface area contributed by atoms with Crippen molar-refractivity contribution in [2.75, 3.05) is 11.6 Å². The van der Waals surface area contributed by atoms with E-state index in [0.29, 0.717) is 0 Å². The molecule has 0 saturated carbocycles. The molecule has 2 aromatic carbocycles. The number of hydrogen-bond acceptors (Lipinski definition) is 3. The molecular formula is C16H15N2S2+. The molecule has 0 atom stereocenters. The van der Waals surface area contributed by atoms with Crippen LogP contribution in [-0.2, 0) is 0 Å². The summed E-state index contributed by atoms with van der Waals surface area (Å²) in [6.07, 6.45) is 2.10. The van der Waals surface area contributed by atoms with Crippen molar-refractivity contribution in [2.45, 2.75) is 5.03 Å². The quantitative estimate of drug-likeness (QED) is 0.564. The third-order valence-electron chi connectivity index (χ3n) is 2.89. The van der Waals surface area contributed by atoms with Crippen molar-refractivity contribution in [3.8, 4) is 5.69 Å². The molecule has 4 heteroatoms. The Morgan fingerprint density at radius 3 is 2.25 bits per heavy atom. The van der Waals surface area contributed by atoms with Crippen molar-refractivity contribution in [3.05, 3.63) is 66.7 Å². The van der Waals surface area contributed by atoms with Gasteiger partial charge in [0, 0.05) is 17.8 Å². The molecule has 0 aliphatic carbocycles. The van der Waals surface area contributed by atoms with Crippen LogP contribution < -0.4 is 9.27 Å². The first-order valence-corrected chi connectivity index (χ1v) is 8.34. The van der Waals surface area contributed by atoms with E-state index in [1.807, 2.05) is 24.3 Å². The first-order chi connectivity index (χ1) is 9.86. The summed E-state index contributed by atoms with van der Waals surface area (Å²) in [5.41, 5.74) is 2.31.